The Kier molecular flexibility index (Phi) is 11.1. The van der Waals surface area contributed by atoms with E-state index in [0.717, 1.165) is 20.2 Å². The van der Waals surface area contributed by atoms with E-state index in [4.69, 9.17) is 11.6 Å². The van der Waals surface area contributed by atoms with E-state index < -0.39 is 34.5 Å². The van der Waals surface area contributed by atoms with Crippen LogP contribution in [0.4, 0.5) is 10.1 Å². The van der Waals surface area contributed by atoms with Crippen LogP contribution in [0.2, 0.25) is 5.02 Å². The first kappa shape index (κ1) is 31.1. The lowest BCUT2D eigenvalue weighted by atomic mass is 10.0. The van der Waals surface area contributed by atoms with Gasteiger partial charge in [-0.05, 0) is 41.8 Å². The van der Waals surface area contributed by atoms with E-state index >= 15 is 0 Å². The summed E-state index contributed by atoms with van der Waals surface area (Å²) < 4.78 is 43.1. The maximum atomic E-state index is 14.9. The highest BCUT2D eigenvalue weighted by Gasteiger charge is 2.35. The molecule has 3 aromatic carbocycles. The number of carbonyl (C=O) groups is 2. The van der Waals surface area contributed by atoms with Gasteiger partial charge in [-0.25, -0.2) is 8.70 Å². The Morgan fingerprint density at radius 3 is 2.15 bits per heavy atom. The second-order valence-electron chi connectivity index (χ2n) is 9.39. The molecule has 3 aromatic rings. The van der Waals surface area contributed by atoms with Gasteiger partial charge in [0.2, 0.25) is 11.8 Å². The summed E-state index contributed by atoms with van der Waals surface area (Å²) in [4.78, 5) is 28.9. The maximum absolute atomic E-state index is 14.9. The van der Waals surface area contributed by atoms with Crippen LogP contribution in [0.5, 0.6) is 0 Å². The molecule has 1 atom stereocenters. The van der Waals surface area contributed by atoms with E-state index in [0.29, 0.717) is 23.6 Å². The third-order valence-electron chi connectivity index (χ3n) is 6.23. The van der Waals surface area contributed by atoms with Gasteiger partial charge in [0.15, 0.2) is 0 Å². The van der Waals surface area contributed by atoms with Crippen LogP contribution in [0.25, 0.3) is 0 Å². The summed E-state index contributed by atoms with van der Waals surface area (Å²) in [5.41, 5.74) is 1.23. The predicted octanol–water partition coefficient (Wildman–Crippen LogP) is 4.26. The number of carbonyl (C=O) groups excluding carboxylic acids is 2. The molecular formula is C29H34ClFN4O4S. The van der Waals surface area contributed by atoms with Gasteiger partial charge in [-0.1, -0.05) is 73.1 Å². The van der Waals surface area contributed by atoms with Gasteiger partial charge >= 0.3 is 10.2 Å². The summed E-state index contributed by atoms with van der Waals surface area (Å²) in [5, 5.41) is 3.38. The largest absolute Gasteiger partial charge is 0.354 e. The summed E-state index contributed by atoms with van der Waals surface area (Å²) in [6.45, 7) is 1.60. The third-order valence-corrected chi connectivity index (χ3v) is 8.28. The van der Waals surface area contributed by atoms with E-state index in [-0.39, 0.29) is 24.6 Å². The molecule has 40 heavy (non-hydrogen) atoms. The van der Waals surface area contributed by atoms with Gasteiger partial charge in [0.05, 0.1) is 5.69 Å². The number of hydrogen-bond donors (Lipinski definition) is 1. The highest BCUT2D eigenvalue weighted by molar-refractivity contribution is 7.90. The zero-order chi connectivity index (χ0) is 29.3. The van der Waals surface area contributed by atoms with Crippen LogP contribution >= 0.6 is 11.6 Å². The van der Waals surface area contributed by atoms with Crippen molar-refractivity contribution in [3.63, 3.8) is 0 Å². The number of hydrogen-bond acceptors (Lipinski definition) is 4. The molecule has 0 heterocycles. The summed E-state index contributed by atoms with van der Waals surface area (Å²) in [7, 11) is -1.68. The van der Waals surface area contributed by atoms with E-state index in [1.807, 2.05) is 37.3 Å². The molecular weight excluding hydrogens is 555 g/mol. The van der Waals surface area contributed by atoms with Crippen molar-refractivity contribution in [2.24, 2.45) is 0 Å². The summed E-state index contributed by atoms with van der Waals surface area (Å²) in [5.74, 6) is -1.84. The first-order chi connectivity index (χ1) is 19.0. The number of nitrogens with zero attached hydrogens (tertiary/aromatic N) is 3. The minimum Gasteiger partial charge on any atom is -0.354 e. The fourth-order valence-corrected chi connectivity index (χ4v) is 5.25. The first-order valence-corrected chi connectivity index (χ1v) is 14.6. The van der Waals surface area contributed by atoms with Gasteiger partial charge in [0.1, 0.15) is 18.4 Å². The van der Waals surface area contributed by atoms with Crippen LogP contribution in [0.1, 0.15) is 24.5 Å². The Labute approximate surface area is 240 Å². The minimum absolute atomic E-state index is 0.000170. The molecule has 0 saturated carbocycles. The number of benzene rings is 3. The molecule has 214 valence electrons. The number of anilines is 1. The van der Waals surface area contributed by atoms with Gasteiger partial charge in [0.25, 0.3) is 0 Å². The van der Waals surface area contributed by atoms with Crippen molar-refractivity contribution >= 4 is 39.3 Å². The van der Waals surface area contributed by atoms with Crippen LogP contribution < -0.4 is 9.62 Å². The Morgan fingerprint density at radius 1 is 0.925 bits per heavy atom. The first-order valence-electron chi connectivity index (χ1n) is 12.8. The third kappa shape index (κ3) is 8.03. The van der Waals surface area contributed by atoms with Crippen molar-refractivity contribution in [1.82, 2.24) is 14.5 Å². The molecule has 0 bridgehead atoms. The lowest BCUT2D eigenvalue weighted by Gasteiger charge is -2.34. The van der Waals surface area contributed by atoms with E-state index in [9.17, 15) is 22.4 Å². The number of amides is 2. The summed E-state index contributed by atoms with van der Waals surface area (Å²) in [6.07, 6.45) is 0.882. The molecule has 0 aromatic heterocycles. The van der Waals surface area contributed by atoms with Gasteiger partial charge < -0.3 is 10.2 Å². The molecule has 0 radical (unpaired) electrons. The van der Waals surface area contributed by atoms with Gasteiger partial charge in [0, 0.05) is 38.6 Å². The molecule has 0 saturated heterocycles. The van der Waals surface area contributed by atoms with Gasteiger partial charge in [-0.2, -0.15) is 12.7 Å². The van der Waals surface area contributed by atoms with E-state index in [1.54, 1.807) is 24.3 Å². The lowest BCUT2D eigenvalue weighted by molar-refractivity contribution is -0.140. The zero-order valence-electron chi connectivity index (χ0n) is 22.8. The Hall–Kier alpha value is -3.47. The molecule has 0 aliphatic heterocycles. The normalized spacial score (nSPS) is 12.2. The highest BCUT2D eigenvalue weighted by atomic mass is 35.5. The van der Waals surface area contributed by atoms with Crippen molar-refractivity contribution in [2.75, 3.05) is 31.5 Å². The molecule has 0 spiro atoms. The quantitative estimate of drug-likeness (QED) is 0.323. The molecule has 0 unspecified atom stereocenters. The predicted molar refractivity (Wildman–Crippen MR) is 156 cm³/mol. The van der Waals surface area contributed by atoms with E-state index in [1.165, 1.54) is 37.2 Å². The minimum atomic E-state index is -4.28. The van der Waals surface area contributed by atoms with Crippen molar-refractivity contribution in [3.8, 4) is 0 Å². The van der Waals surface area contributed by atoms with Crippen LogP contribution in [0, 0.1) is 5.82 Å². The molecule has 0 aliphatic carbocycles. The molecule has 11 heteroatoms. The number of para-hydroxylation sites is 1. The number of halogens is 2. The van der Waals surface area contributed by atoms with E-state index in [2.05, 4.69) is 5.32 Å². The average Bonchev–Trinajstić information content (AvgIpc) is 2.94. The SMILES string of the molecule is CCCNC(=O)[C@@H](Cc1ccccc1)N(Cc1ccc(Cl)cc1)C(=O)CN(c1ccccc1F)S(=O)(=O)N(C)C. The monoisotopic (exact) mass is 588 g/mol. The van der Waals surface area contributed by atoms with Crippen molar-refractivity contribution in [3.05, 3.63) is 101 Å². The second-order valence-corrected chi connectivity index (χ2v) is 11.9. The van der Waals surface area contributed by atoms with Crippen molar-refractivity contribution in [1.29, 1.82) is 0 Å². The smallest absolute Gasteiger partial charge is 0.304 e. The molecule has 0 fully saturated rings. The number of nitrogens with one attached hydrogen (secondary N) is 1. The molecule has 3 rings (SSSR count). The summed E-state index contributed by atoms with van der Waals surface area (Å²) >= 11 is 6.06. The fourth-order valence-electron chi connectivity index (χ4n) is 4.06. The standard InChI is InChI=1S/C29H34ClFN4O4S/c1-4-18-32-29(37)27(19-22-10-6-5-7-11-22)34(20-23-14-16-24(30)17-15-23)28(36)21-35(40(38,39)33(2)3)26-13-9-8-12-25(26)31/h5-17,27H,4,18-21H2,1-3H3,(H,32,37)/t27-/m1/s1. The highest BCUT2D eigenvalue weighted by Crippen LogP contribution is 2.24. The maximum Gasteiger partial charge on any atom is 0.304 e. The van der Waals surface area contributed by atoms with Crippen molar-refractivity contribution in [2.45, 2.75) is 32.4 Å². The summed E-state index contributed by atoms with van der Waals surface area (Å²) in [6, 6.07) is 20.4. The van der Waals surface area contributed by atoms with Gasteiger partial charge in [-0.3, -0.25) is 9.59 Å². The average molecular weight is 589 g/mol. The molecule has 0 aliphatic rings. The Morgan fingerprint density at radius 2 is 1.55 bits per heavy atom. The zero-order valence-corrected chi connectivity index (χ0v) is 24.3. The van der Waals surface area contributed by atoms with Crippen molar-refractivity contribution < 1.29 is 22.4 Å². The van der Waals surface area contributed by atoms with Crippen LogP contribution in [-0.2, 0) is 32.8 Å². The molecule has 8 nitrogen and oxygen atoms in total. The van der Waals surface area contributed by atoms with Gasteiger partial charge in [-0.15, -0.1) is 0 Å². The van der Waals surface area contributed by atoms with Crippen LogP contribution in [0.3, 0.4) is 0 Å². The lowest BCUT2D eigenvalue weighted by Crippen LogP contribution is -2.54. The molecule has 2 amide bonds. The second kappa shape index (κ2) is 14.2. The van der Waals surface area contributed by atoms with Crippen LogP contribution in [0.15, 0.2) is 78.9 Å². The topological polar surface area (TPSA) is 90.0 Å². The van der Waals surface area contributed by atoms with Crippen LogP contribution in [-0.4, -0.2) is 62.7 Å². The Bertz CT molecular complexity index is 1390. The Balaban J connectivity index is 2.08. The fraction of sp³-hybridized carbons (Fsp3) is 0.310. The molecule has 1 N–H and O–H groups in total. The number of rotatable bonds is 13.